The highest BCUT2D eigenvalue weighted by Gasteiger charge is 2.14. The molecule has 3 N–H and O–H groups in total. The summed E-state index contributed by atoms with van der Waals surface area (Å²) in [4.78, 5) is 0.0352. The Kier molecular flexibility index (Phi) is 4.50. The molecule has 8 heteroatoms. The number of sulfonamides is 1. The van der Waals surface area contributed by atoms with Crippen molar-refractivity contribution in [3.05, 3.63) is 46.7 Å². The molecule has 0 spiro atoms. The molecule has 0 bridgehead atoms. The maximum atomic E-state index is 13.0. The van der Waals surface area contributed by atoms with Gasteiger partial charge in [0.05, 0.1) is 15.1 Å². The lowest BCUT2D eigenvalue weighted by Crippen LogP contribution is -2.18. The van der Waals surface area contributed by atoms with Crippen LogP contribution in [0, 0.1) is 5.82 Å². The van der Waals surface area contributed by atoms with Crippen molar-refractivity contribution in [2.45, 2.75) is 4.90 Å². The average Bonchev–Trinajstić information content (AvgIpc) is 2.43. The number of nitrogens with one attached hydrogen (secondary N) is 1. The van der Waals surface area contributed by atoms with Crippen LogP contribution in [-0.4, -0.2) is 15.5 Å². The van der Waals surface area contributed by atoms with Gasteiger partial charge >= 0.3 is 0 Å². The van der Waals surface area contributed by atoms with Crippen LogP contribution in [0.15, 0.2) is 45.8 Å². The van der Waals surface area contributed by atoms with Gasteiger partial charge in [0.1, 0.15) is 17.3 Å². The summed E-state index contributed by atoms with van der Waals surface area (Å²) in [5.74, 6) is 0.238. The minimum absolute atomic E-state index is 0.0352. The Labute approximate surface area is 130 Å². The normalized spacial score (nSPS) is 11.4. The smallest absolute Gasteiger partial charge is 0.240 e. The van der Waals surface area contributed by atoms with E-state index in [1.807, 2.05) is 0 Å². The fourth-order valence-electron chi connectivity index (χ4n) is 1.58. The molecule has 0 unspecified atom stereocenters. The van der Waals surface area contributed by atoms with Crippen molar-refractivity contribution in [3.8, 4) is 11.5 Å². The molecule has 0 aromatic heterocycles. The fraction of sp³-hybridized carbons (Fsp3) is 0.0769. The predicted molar refractivity (Wildman–Crippen MR) is 81.3 cm³/mol. The quantitative estimate of drug-likeness (QED) is 0.806. The Balaban J connectivity index is 2.34. The van der Waals surface area contributed by atoms with Crippen molar-refractivity contribution in [1.82, 2.24) is 4.72 Å². The lowest BCUT2D eigenvalue weighted by molar-refractivity contribution is 0.479. The van der Waals surface area contributed by atoms with Gasteiger partial charge < -0.3 is 10.5 Å². The van der Waals surface area contributed by atoms with E-state index in [0.717, 1.165) is 0 Å². The second-order valence-electron chi connectivity index (χ2n) is 4.08. The molecule has 21 heavy (non-hydrogen) atoms. The van der Waals surface area contributed by atoms with Gasteiger partial charge in [-0.3, -0.25) is 0 Å². The highest BCUT2D eigenvalue weighted by molar-refractivity contribution is 9.10. The molecule has 2 aromatic rings. The number of hydrogen-bond donors (Lipinski definition) is 2. The van der Waals surface area contributed by atoms with Crippen LogP contribution < -0.4 is 15.2 Å². The van der Waals surface area contributed by atoms with Crippen molar-refractivity contribution >= 4 is 31.6 Å². The molecule has 0 radical (unpaired) electrons. The van der Waals surface area contributed by atoms with E-state index in [4.69, 9.17) is 10.5 Å². The molecule has 0 aliphatic rings. The first-order chi connectivity index (χ1) is 9.83. The zero-order valence-corrected chi connectivity index (χ0v) is 13.3. The van der Waals surface area contributed by atoms with E-state index in [1.54, 1.807) is 0 Å². The minimum atomic E-state index is -3.57. The first kappa shape index (κ1) is 15.7. The second-order valence-corrected chi connectivity index (χ2v) is 6.82. The number of benzene rings is 2. The van der Waals surface area contributed by atoms with Crippen LogP contribution in [0.2, 0.25) is 0 Å². The van der Waals surface area contributed by atoms with E-state index in [1.165, 1.54) is 43.4 Å². The highest BCUT2D eigenvalue weighted by Crippen LogP contribution is 2.34. The first-order valence-electron chi connectivity index (χ1n) is 5.79. The molecule has 0 heterocycles. The van der Waals surface area contributed by atoms with Gasteiger partial charge in [-0.2, -0.15) is 0 Å². The van der Waals surface area contributed by atoms with Crippen molar-refractivity contribution in [2.24, 2.45) is 0 Å². The number of ether oxygens (including phenoxy) is 1. The van der Waals surface area contributed by atoms with E-state index in [-0.39, 0.29) is 16.3 Å². The van der Waals surface area contributed by atoms with Crippen LogP contribution >= 0.6 is 15.9 Å². The van der Waals surface area contributed by atoms with Crippen LogP contribution in [-0.2, 0) is 10.0 Å². The molecule has 0 atom stereocenters. The Morgan fingerprint density at radius 1 is 1.19 bits per heavy atom. The Bertz CT molecular complexity index is 781. The first-order valence-corrected chi connectivity index (χ1v) is 8.07. The standard InChI is InChI=1S/C13H12BrFN2O3S/c1-17-21(18,19)9-3-5-13(11(16)7-9)20-12-4-2-8(15)6-10(12)14/h2-7,17H,16H2,1H3. The van der Waals surface area contributed by atoms with Gasteiger partial charge in [0.25, 0.3) is 0 Å². The van der Waals surface area contributed by atoms with Gasteiger partial charge in [0.2, 0.25) is 10.0 Å². The Morgan fingerprint density at radius 3 is 2.43 bits per heavy atom. The molecular weight excluding hydrogens is 363 g/mol. The van der Waals surface area contributed by atoms with E-state index in [2.05, 4.69) is 20.7 Å². The van der Waals surface area contributed by atoms with Crippen LogP contribution in [0.1, 0.15) is 0 Å². The van der Waals surface area contributed by atoms with E-state index in [0.29, 0.717) is 10.2 Å². The molecule has 0 saturated carbocycles. The molecule has 5 nitrogen and oxygen atoms in total. The van der Waals surface area contributed by atoms with Gasteiger partial charge in [0, 0.05) is 0 Å². The third-order valence-corrected chi connectivity index (χ3v) is 4.71. The topological polar surface area (TPSA) is 81.4 Å². The predicted octanol–water partition coefficient (Wildman–Crippen LogP) is 2.87. The van der Waals surface area contributed by atoms with Gasteiger partial charge in [-0.1, -0.05) is 0 Å². The molecule has 112 valence electrons. The monoisotopic (exact) mass is 374 g/mol. The molecule has 0 saturated heterocycles. The lowest BCUT2D eigenvalue weighted by Gasteiger charge is -2.11. The van der Waals surface area contributed by atoms with Crippen LogP contribution in [0.25, 0.3) is 0 Å². The molecule has 0 fully saturated rings. The molecule has 2 aromatic carbocycles. The van der Waals surface area contributed by atoms with Gasteiger partial charge in [-0.25, -0.2) is 17.5 Å². The number of rotatable bonds is 4. The van der Waals surface area contributed by atoms with Crippen LogP contribution in [0.5, 0.6) is 11.5 Å². The number of nitrogens with two attached hydrogens (primary N) is 1. The SMILES string of the molecule is CNS(=O)(=O)c1ccc(Oc2ccc(F)cc2Br)c(N)c1. The Hall–Kier alpha value is -1.64. The summed E-state index contributed by atoms with van der Waals surface area (Å²) in [7, 11) is -2.26. The summed E-state index contributed by atoms with van der Waals surface area (Å²) in [5, 5.41) is 0. The van der Waals surface area contributed by atoms with E-state index >= 15 is 0 Å². The zero-order chi connectivity index (χ0) is 15.6. The summed E-state index contributed by atoms with van der Waals surface area (Å²) in [5.41, 5.74) is 5.95. The highest BCUT2D eigenvalue weighted by atomic mass is 79.9. The summed E-state index contributed by atoms with van der Waals surface area (Å²) < 4.78 is 44.5. The third kappa shape index (κ3) is 3.52. The number of halogens is 2. The van der Waals surface area contributed by atoms with Gasteiger partial charge in [-0.15, -0.1) is 0 Å². The van der Waals surface area contributed by atoms with Crippen LogP contribution in [0.4, 0.5) is 10.1 Å². The van der Waals surface area contributed by atoms with Crippen LogP contribution in [0.3, 0.4) is 0 Å². The van der Waals surface area contributed by atoms with E-state index in [9.17, 15) is 12.8 Å². The minimum Gasteiger partial charge on any atom is -0.454 e. The molecule has 0 aliphatic heterocycles. The summed E-state index contributed by atoms with van der Waals surface area (Å²) in [6.07, 6.45) is 0. The Morgan fingerprint density at radius 2 is 1.86 bits per heavy atom. The maximum absolute atomic E-state index is 13.0. The third-order valence-electron chi connectivity index (χ3n) is 2.67. The molecule has 0 amide bonds. The number of nitrogen functional groups attached to an aromatic ring is 1. The fourth-order valence-corrected chi connectivity index (χ4v) is 2.78. The van der Waals surface area contributed by atoms with Gasteiger partial charge in [-0.05, 0) is 59.4 Å². The van der Waals surface area contributed by atoms with Crippen molar-refractivity contribution in [3.63, 3.8) is 0 Å². The molecular formula is C13H12BrFN2O3S. The summed E-state index contributed by atoms with van der Waals surface area (Å²) >= 11 is 3.17. The largest absolute Gasteiger partial charge is 0.454 e. The van der Waals surface area contributed by atoms with Crippen molar-refractivity contribution in [2.75, 3.05) is 12.8 Å². The number of hydrogen-bond acceptors (Lipinski definition) is 4. The summed E-state index contributed by atoms with van der Waals surface area (Å²) in [6.45, 7) is 0. The molecule has 0 aliphatic carbocycles. The van der Waals surface area contributed by atoms with Crippen molar-refractivity contribution < 1.29 is 17.5 Å². The van der Waals surface area contributed by atoms with Gasteiger partial charge in [0.15, 0.2) is 0 Å². The average molecular weight is 375 g/mol. The number of anilines is 1. The zero-order valence-electron chi connectivity index (χ0n) is 10.9. The van der Waals surface area contributed by atoms with Crippen molar-refractivity contribution in [1.29, 1.82) is 0 Å². The maximum Gasteiger partial charge on any atom is 0.240 e. The second kappa shape index (κ2) is 6.00. The molecule has 2 rings (SSSR count). The van der Waals surface area contributed by atoms with E-state index < -0.39 is 15.8 Å². The summed E-state index contributed by atoms with van der Waals surface area (Å²) in [6, 6.07) is 8.04. The lowest BCUT2D eigenvalue weighted by atomic mass is 10.3.